The molecule has 0 unspecified atom stereocenters. The Morgan fingerprint density at radius 1 is 1.30 bits per heavy atom. The second-order valence-corrected chi connectivity index (χ2v) is 9.21. The van der Waals surface area contributed by atoms with E-state index < -0.39 is 11.5 Å². The normalized spacial score (nSPS) is 15.3. The molecule has 0 aromatic carbocycles. The Labute approximate surface area is 178 Å². The highest BCUT2D eigenvalue weighted by Crippen LogP contribution is 2.32. The predicted octanol–water partition coefficient (Wildman–Crippen LogP) is 4.18. The molecule has 1 saturated heterocycles. The summed E-state index contributed by atoms with van der Waals surface area (Å²) < 4.78 is 10.7. The van der Waals surface area contributed by atoms with Crippen LogP contribution in [0.4, 0.5) is 4.79 Å². The summed E-state index contributed by atoms with van der Waals surface area (Å²) in [5, 5.41) is 4.62. The molecule has 3 aromatic rings. The molecule has 0 aliphatic carbocycles. The summed E-state index contributed by atoms with van der Waals surface area (Å²) in [6, 6.07) is 1.83. The molecule has 0 saturated carbocycles. The number of ketones is 1. The van der Waals surface area contributed by atoms with Crippen LogP contribution in [0.2, 0.25) is 0 Å². The van der Waals surface area contributed by atoms with Gasteiger partial charge < -0.3 is 19.8 Å². The van der Waals surface area contributed by atoms with E-state index in [2.05, 4.69) is 20.3 Å². The molecular weight excluding hydrogens is 404 g/mol. The molecule has 3 aromatic heterocycles. The minimum absolute atomic E-state index is 0.000172. The number of aromatic nitrogens is 3. The van der Waals surface area contributed by atoms with Crippen LogP contribution in [-0.2, 0) is 4.74 Å². The standard InChI is InChI=1S/C21H24N4O4S/c1-21(2,3)18(26)14-9-22-19-17(14)25-15(10-23-19)16-8-13(11-30-16)29-20(27)24-12-4-6-28-7-5-12/h8-12H,4-7H2,1-3H3,(H,22,23)(H,24,27). The van der Waals surface area contributed by atoms with Gasteiger partial charge in [0.2, 0.25) is 0 Å². The Morgan fingerprint density at radius 3 is 2.80 bits per heavy atom. The van der Waals surface area contributed by atoms with Crippen LogP contribution in [0, 0.1) is 5.41 Å². The van der Waals surface area contributed by atoms with Crippen LogP contribution in [0.5, 0.6) is 5.75 Å². The SMILES string of the molecule is CC(C)(C)C(=O)c1c[nH]c2ncc(-c3cc(OC(=O)NC4CCOCC4)cs3)nc12. The first-order chi connectivity index (χ1) is 14.3. The molecule has 158 valence electrons. The fourth-order valence-corrected chi connectivity index (χ4v) is 4.00. The Kier molecular flexibility index (Phi) is 5.57. The molecule has 1 fully saturated rings. The lowest BCUT2D eigenvalue weighted by atomic mass is 9.87. The van der Waals surface area contributed by atoms with Gasteiger partial charge in [-0.1, -0.05) is 20.8 Å². The van der Waals surface area contributed by atoms with Crippen molar-refractivity contribution in [3.05, 3.63) is 29.4 Å². The number of amides is 1. The van der Waals surface area contributed by atoms with Crippen LogP contribution in [0.3, 0.4) is 0 Å². The second-order valence-electron chi connectivity index (χ2n) is 8.30. The van der Waals surface area contributed by atoms with Gasteiger partial charge in [-0.15, -0.1) is 11.3 Å². The van der Waals surface area contributed by atoms with Crippen LogP contribution in [-0.4, -0.2) is 46.1 Å². The number of thiophene rings is 1. The molecule has 0 bridgehead atoms. The Hall–Kier alpha value is -2.78. The van der Waals surface area contributed by atoms with E-state index in [9.17, 15) is 9.59 Å². The van der Waals surface area contributed by atoms with Crippen LogP contribution in [0.1, 0.15) is 44.0 Å². The molecule has 0 atom stereocenters. The number of carbonyl (C=O) groups excluding carboxylic acids is 2. The fourth-order valence-electron chi connectivity index (χ4n) is 3.24. The van der Waals surface area contributed by atoms with E-state index in [0.717, 1.165) is 17.7 Å². The Morgan fingerprint density at radius 2 is 2.07 bits per heavy atom. The third-order valence-corrected chi connectivity index (χ3v) is 5.82. The van der Waals surface area contributed by atoms with Crippen molar-refractivity contribution >= 4 is 34.4 Å². The molecule has 9 heteroatoms. The molecule has 2 N–H and O–H groups in total. The minimum Gasteiger partial charge on any atom is -0.409 e. The van der Waals surface area contributed by atoms with E-state index in [4.69, 9.17) is 9.47 Å². The van der Waals surface area contributed by atoms with Crippen LogP contribution in [0.25, 0.3) is 21.7 Å². The summed E-state index contributed by atoms with van der Waals surface area (Å²) in [7, 11) is 0. The summed E-state index contributed by atoms with van der Waals surface area (Å²) in [6.45, 7) is 6.92. The molecule has 1 amide bonds. The van der Waals surface area contributed by atoms with E-state index in [1.165, 1.54) is 11.3 Å². The summed E-state index contributed by atoms with van der Waals surface area (Å²) in [6.07, 6.45) is 4.39. The van der Waals surface area contributed by atoms with Gasteiger partial charge in [-0.25, -0.2) is 14.8 Å². The van der Waals surface area contributed by atoms with Crippen molar-refractivity contribution in [3.63, 3.8) is 0 Å². The highest BCUT2D eigenvalue weighted by molar-refractivity contribution is 7.13. The van der Waals surface area contributed by atoms with Gasteiger partial charge in [0.15, 0.2) is 11.4 Å². The van der Waals surface area contributed by atoms with E-state index in [1.807, 2.05) is 20.8 Å². The number of hydrogen-bond acceptors (Lipinski definition) is 7. The van der Waals surface area contributed by atoms with E-state index in [-0.39, 0.29) is 11.8 Å². The molecule has 4 heterocycles. The first-order valence-corrected chi connectivity index (χ1v) is 10.7. The molecular formula is C21H24N4O4S. The Balaban J connectivity index is 1.51. The van der Waals surface area contributed by atoms with Crippen molar-refractivity contribution in [3.8, 4) is 16.3 Å². The van der Waals surface area contributed by atoms with Gasteiger partial charge in [-0.3, -0.25) is 4.79 Å². The van der Waals surface area contributed by atoms with Gasteiger partial charge in [0.05, 0.1) is 22.3 Å². The Bertz CT molecular complexity index is 1080. The van der Waals surface area contributed by atoms with E-state index >= 15 is 0 Å². The number of fused-ring (bicyclic) bond motifs is 1. The largest absolute Gasteiger partial charge is 0.412 e. The number of Topliss-reactive ketones (excluding diaryl/α,β-unsaturated/α-hetero) is 1. The maximum Gasteiger partial charge on any atom is 0.412 e. The number of nitrogens with one attached hydrogen (secondary N) is 2. The van der Waals surface area contributed by atoms with Crippen molar-refractivity contribution in [1.82, 2.24) is 20.3 Å². The molecule has 1 aliphatic heterocycles. The number of hydrogen-bond donors (Lipinski definition) is 2. The second kappa shape index (κ2) is 8.16. The zero-order valence-electron chi connectivity index (χ0n) is 17.2. The van der Waals surface area contributed by atoms with Gasteiger partial charge in [0.25, 0.3) is 0 Å². The molecule has 30 heavy (non-hydrogen) atoms. The maximum absolute atomic E-state index is 12.7. The monoisotopic (exact) mass is 428 g/mol. The van der Waals surface area contributed by atoms with Gasteiger partial charge in [0.1, 0.15) is 11.3 Å². The lowest BCUT2D eigenvalue weighted by molar-refractivity contribution is 0.0778. The third kappa shape index (κ3) is 4.36. The van der Waals surface area contributed by atoms with Gasteiger partial charge in [-0.05, 0) is 12.8 Å². The van der Waals surface area contributed by atoms with Crippen molar-refractivity contribution in [1.29, 1.82) is 0 Å². The summed E-state index contributed by atoms with van der Waals surface area (Å²) in [5.74, 6) is 0.446. The summed E-state index contributed by atoms with van der Waals surface area (Å²) in [4.78, 5) is 37.7. The molecule has 0 spiro atoms. The molecule has 4 rings (SSSR count). The summed E-state index contributed by atoms with van der Waals surface area (Å²) in [5.41, 5.74) is 1.73. The number of nitrogens with zero attached hydrogens (tertiary/aromatic N) is 2. The molecule has 1 aliphatic rings. The topological polar surface area (TPSA) is 106 Å². The average Bonchev–Trinajstić information content (AvgIpc) is 3.33. The van der Waals surface area contributed by atoms with Gasteiger partial charge in [0, 0.05) is 42.3 Å². The van der Waals surface area contributed by atoms with Crippen LogP contribution < -0.4 is 10.1 Å². The lowest BCUT2D eigenvalue weighted by Crippen LogP contribution is -2.40. The first-order valence-electron chi connectivity index (χ1n) is 9.85. The fraction of sp³-hybridized carbons (Fsp3) is 0.429. The number of aromatic amines is 1. The number of carbonyl (C=O) groups is 2. The molecule has 0 radical (unpaired) electrons. The van der Waals surface area contributed by atoms with E-state index in [1.54, 1.807) is 23.8 Å². The van der Waals surface area contributed by atoms with Crippen molar-refractivity contribution in [2.24, 2.45) is 5.41 Å². The zero-order chi connectivity index (χ0) is 21.3. The smallest absolute Gasteiger partial charge is 0.409 e. The predicted molar refractivity (Wildman–Crippen MR) is 114 cm³/mol. The van der Waals surface area contributed by atoms with Gasteiger partial charge >= 0.3 is 6.09 Å². The highest BCUT2D eigenvalue weighted by Gasteiger charge is 2.26. The van der Waals surface area contributed by atoms with Crippen LogP contribution in [0.15, 0.2) is 23.8 Å². The third-order valence-electron chi connectivity index (χ3n) is 4.89. The van der Waals surface area contributed by atoms with Crippen molar-refractivity contribution in [2.45, 2.75) is 39.7 Å². The van der Waals surface area contributed by atoms with Gasteiger partial charge in [-0.2, -0.15) is 0 Å². The zero-order valence-corrected chi connectivity index (χ0v) is 18.0. The number of rotatable bonds is 4. The highest BCUT2D eigenvalue weighted by atomic mass is 32.1. The quantitative estimate of drug-likeness (QED) is 0.604. The van der Waals surface area contributed by atoms with Crippen molar-refractivity contribution in [2.75, 3.05) is 13.2 Å². The maximum atomic E-state index is 12.7. The number of ether oxygens (including phenoxy) is 2. The van der Waals surface area contributed by atoms with Crippen molar-refractivity contribution < 1.29 is 19.1 Å². The van der Waals surface area contributed by atoms with E-state index in [0.29, 0.717) is 41.4 Å². The number of H-pyrrole nitrogens is 1. The lowest BCUT2D eigenvalue weighted by Gasteiger charge is -2.22. The van der Waals surface area contributed by atoms with Crippen LogP contribution >= 0.6 is 11.3 Å². The molecule has 8 nitrogen and oxygen atoms in total. The average molecular weight is 429 g/mol. The first kappa shape index (κ1) is 20.5. The summed E-state index contributed by atoms with van der Waals surface area (Å²) >= 11 is 1.40. The minimum atomic E-state index is -0.519.